The quantitative estimate of drug-likeness (QED) is 0.680. The van der Waals surface area contributed by atoms with Crippen molar-refractivity contribution >= 4 is 5.71 Å². The topological polar surface area (TPSA) is 41.8 Å². The van der Waals surface area contributed by atoms with Crippen LogP contribution in [0.3, 0.4) is 0 Å². The molecule has 0 fully saturated rings. The van der Waals surface area contributed by atoms with Crippen molar-refractivity contribution in [3.8, 4) is 5.75 Å². The number of aryl methyl sites for hydroxylation is 2. The SMILES string of the molecule is Cc1cccc(COc2ccc3c(c2)CC/C3=N\O)c1. The molecule has 2 aromatic rings. The number of benzene rings is 2. The minimum absolute atomic E-state index is 0.571. The molecule has 0 aromatic heterocycles. The van der Waals surface area contributed by atoms with Gasteiger partial charge in [-0.3, -0.25) is 0 Å². The van der Waals surface area contributed by atoms with Crippen molar-refractivity contribution < 1.29 is 9.94 Å². The first-order valence-corrected chi connectivity index (χ1v) is 6.79. The van der Waals surface area contributed by atoms with Gasteiger partial charge in [0.1, 0.15) is 12.4 Å². The van der Waals surface area contributed by atoms with Crippen LogP contribution in [0.4, 0.5) is 0 Å². The van der Waals surface area contributed by atoms with E-state index in [4.69, 9.17) is 9.94 Å². The second kappa shape index (κ2) is 5.37. The Hall–Kier alpha value is -2.29. The van der Waals surface area contributed by atoms with Crippen LogP contribution in [-0.2, 0) is 13.0 Å². The first-order chi connectivity index (χ1) is 9.76. The zero-order chi connectivity index (χ0) is 13.9. The Bertz CT molecular complexity index is 662. The Balaban J connectivity index is 1.73. The molecule has 0 saturated heterocycles. The van der Waals surface area contributed by atoms with Gasteiger partial charge >= 0.3 is 0 Å². The maximum atomic E-state index is 8.92. The van der Waals surface area contributed by atoms with Crippen LogP contribution in [0.2, 0.25) is 0 Å². The molecule has 1 aliphatic carbocycles. The lowest BCUT2D eigenvalue weighted by molar-refractivity contribution is 0.306. The molecule has 1 N–H and O–H groups in total. The minimum Gasteiger partial charge on any atom is -0.489 e. The van der Waals surface area contributed by atoms with E-state index in [0.717, 1.165) is 29.9 Å². The monoisotopic (exact) mass is 267 g/mol. The van der Waals surface area contributed by atoms with Crippen molar-refractivity contribution in [2.75, 3.05) is 0 Å². The Morgan fingerprint density at radius 1 is 1.15 bits per heavy atom. The van der Waals surface area contributed by atoms with Gasteiger partial charge in [-0.1, -0.05) is 35.0 Å². The van der Waals surface area contributed by atoms with E-state index in [1.54, 1.807) is 0 Å². The molecule has 0 aliphatic heterocycles. The zero-order valence-corrected chi connectivity index (χ0v) is 11.5. The summed E-state index contributed by atoms with van der Waals surface area (Å²) in [6.45, 7) is 2.65. The van der Waals surface area contributed by atoms with E-state index >= 15 is 0 Å². The van der Waals surface area contributed by atoms with Crippen LogP contribution in [0.25, 0.3) is 0 Å². The van der Waals surface area contributed by atoms with Crippen molar-refractivity contribution in [1.82, 2.24) is 0 Å². The number of oxime groups is 1. The normalized spacial score (nSPS) is 15.3. The van der Waals surface area contributed by atoms with E-state index in [-0.39, 0.29) is 0 Å². The van der Waals surface area contributed by atoms with Gasteiger partial charge in [0.15, 0.2) is 0 Å². The average Bonchev–Trinajstić information content (AvgIpc) is 2.87. The Labute approximate surface area is 118 Å². The molecular formula is C17H17NO2. The standard InChI is InChI=1S/C17H17NO2/c1-12-3-2-4-13(9-12)11-20-15-6-7-16-14(10-15)5-8-17(16)18-19/h2-4,6-7,9-10,19H,5,8,11H2,1H3/b18-17+. The van der Waals surface area contributed by atoms with Gasteiger partial charge in [0.2, 0.25) is 0 Å². The summed E-state index contributed by atoms with van der Waals surface area (Å²) >= 11 is 0. The fourth-order valence-electron chi connectivity index (χ4n) is 2.61. The number of hydrogen-bond donors (Lipinski definition) is 1. The fourth-order valence-corrected chi connectivity index (χ4v) is 2.61. The molecule has 2 aromatic carbocycles. The highest BCUT2D eigenvalue weighted by molar-refractivity contribution is 6.04. The second-order valence-electron chi connectivity index (χ2n) is 5.14. The number of ether oxygens (including phenoxy) is 1. The van der Waals surface area contributed by atoms with Gasteiger partial charge in [0.05, 0.1) is 5.71 Å². The van der Waals surface area contributed by atoms with Crippen LogP contribution in [0, 0.1) is 6.92 Å². The van der Waals surface area contributed by atoms with Crippen molar-refractivity contribution in [1.29, 1.82) is 0 Å². The molecule has 3 rings (SSSR count). The maximum absolute atomic E-state index is 8.92. The highest BCUT2D eigenvalue weighted by Gasteiger charge is 2.18. The Morgan fingerprint density at radius 2 is 2.05 bits per heavy atom. The molecule has 20 heavy (non-hydrogen) atoms. The second-order valence-corrected chi connectivity index (χ2v) is 5.14. The third-order valence-corrected chi connectivity index (χ3v) is 3.63. The van der Waals surface area contributed by atoms with Crippen LogP contribution in [0.15, 0.2) is 47.6 Å². The smallest absolute Gasteiger partial charge is 0.120 e. The van der Waals surface area contributed by atoms with Crippen molar-refractivity contribution in [3.05, 3.63) is 64.7 Å². The molecule has 0 saturated carbocycles. The molecular weight excluding hydrogens is 250 g/mol. The van der Waals surface area contributed by atoms with Gasteiger partial charge < -0.3 is 9.94 Å². The molecule has 3 nitrogen and oxygen atoms in total. The van der Waals surface area contributed by atoms with Gasteiger partial charge in [0.25, 0.3) is 0 Å². The summed E-state index contributed by atoms with van der Waals surface area (Å²) in [5, 5.41) is 12.3. The molecule has 0 bridgehead atoms. The van der Waals surface area contributed by atoms with Gasteiger partial charge in [-0.05, 0) is 49.1 Å². The van der Waals surface area contributed by atoms with Gasteiger partial charge in [0, 0.05) is 5.56 Å². The fraction of sp³-hybridized carbons (Fsp3) is 0.235. The molecule has 0 heterocycles. The molecule has 0 radical (unpaired) electrons. The number of hydrogen-bond acceptors (Lipinski definition) is 3. The molecule has 3 heteroatoms. The van der Waals surface area contributed by atoms with Crippen molar-refractivity contribution in [2.45, 2.75) is 26.4 Å². The predicted molar refractivity (Wildman–Crippen MR) is 78.6 cm³/mol. The summed E-state index contributed by atoms with van der Waals surface area (Å²) < 4.78 is 5.84. The highest BCUT2D eigenvalue weighted by Crippen LogP contribution is 2.27. The highest BCUT2D eigenvalue weighted by atomic mass is 16.5. The van der Waals surface area contributed by atoms with Crippen LogP contribution < -0.4 is 4.74 Å². The Kier molecular flexibility index (Phi) is 3.42. The number of nitrogens with zero attached hydrogens (tertiary/aromatic N) is 1. The Morgan fingerprint density at radius 3 is 2.85 bits per heavy atom. The van der Waals surface area contributed by atoms with Crippen molar-refractivity contribution in [2.24, 2.45) is 5.16 Å². The molecule has 0 unspecified atom stereocenters. The van der Waals surface area contributed by atoms with Gasteiger partial charge in [-0.15, -0.1) is 0 Å². The maximum Gasteiger partial charge on any atom is 0.120 e. The zero-order valence-electron chi connectivity index (χ0n) is 11.5. The lowest BCUT2D eigenvalue weighted by Crippen LogP contribution is -1.97. The number of rotatable bonds is 3. The molecule has 0 amide bonds. The number of fused-ring (bicyclic) bond motifs is 1. The summed E-state index contributed by atoms with van der Waals surface area (Å²) in [5.74, 6) is 0.865. The van der Waals surface area contributed by atoms with E-state index in [1.807, 2.05) is 24.3 Å². The minimum atomic E-state index is 0.571. The first kappa shape index (κ1) is 12.7. The molecule has 0 spiro atoms. The van der Waals surface area contributed by atoms with Gasteiger partial charge in [-0.2, -0.15) is 0 Å². The third-order valence-electron chi connectivity index (χ3n) is 3.63. The average molecular weight is 267 g/mol. The summed E-state index contributed by atoms with van der Waals surface area (Å²) in [7, 11) is 0. The van der Waals surface area contributed by atoms with Gasteiger partial charge in [-0.25, -0.2) is 0 Å². The molecule has 0 atom stereocenters. The lowest BCUT2D eigenvalue weighted by Gasteiger charge is -2.08. The summed E-state index contributed by atoms with van der Waals surface area (Å²) in [6.07, 6.45) is 1.71. The van der Waals surface area contributed by atoms with E-state index in [9.17, 15) is 0 Å². The summed E-state index contributed by atoms with van der Waals surface area (Å²) in [6, 6.07) is 14.3. The largest absolute Gasteiger partial charge is 0.489 e. The van der Waals surface area contributed by atoms with E-state index in [1.165, 1.54) is 16.7 Å². The van der Waals surface area contributed by atoms with E-state index in [0.29, 0.717) is 6.61 Å². The van der Waals surface area contributed by atoms with Crippen LogP contribution in [0.5, 0.6) is 5.75 Å². The van der Waals surface area contributed by atoms with E-state index < -0.39 is 0 Å². The summed E-state index contributed by atoms with van der Waals surface area (Å²) in [4.78, 5) is 0. The van der Waals surface area contributed by atoms with Crippen molar-refractivity contribution in [3.63, 3.8) is 0 Å². The van der Waals surface area contributed by atoms with Crippen LogP contribution in [0.1, 0.15) is 28.7 Å². The molecule has 1 aliphatic rings. The van der Waals surface area contributed by atoms with Crippen LogP contribution in [-0.4, -0.2) is 10.9 Å². The predicted octanol–water partition coefficient (Wildman–Crippen LogP) is 3.70. The lowest BCUT2D eigenvalue weighted by atomic mass is 10.1. The summed E-state index contributed by atoms with van der Waals surface area (Å²) in [5.41, 5.74) is 5.41. The van der Waals surface area contributed by atoms with E-state index in [2.05, 4.69) is 30.3 Å². The van der Waals surface area contributed by atoms with Crippen LogP contribution >= 0.6 is 0 Å². The first-order valence-electron chi connectivity index (χ1n) is 6.79. The molecule has 102 valence electrons. The third kappa shape index (κ3) is 2.52.